The van der Waals surface area contributed by atoms with Crippen LogP contribution in [-0.2, 0) is 17.6 Å². The molecule has 0 heterocycles. The predicted molar refractivity (Wildman–Crippen MR) is 48.4 cm³/mol. The van der Waals surface area contributed by atoms with Gasteiger partial charge in [0.2, 0.25) is 0 Å². The molecule has 0 bridgehead atoms. The van der Waals surface area contributed by atoms with Gasteiger partial charge in [-0.3, -0.25) is 4.79 Å². The van der Waals surface area contributed by atoms with Gasteiger partial charge in [-0.1, -0.05) is 11.6 Å². The third-order valence-electron chi connectivity index (χ3n) is 2.30. The van der Waals surface area contributed by atoms with Crippen LogP contribution in [0.15, 0.2) is 12.1 Å². The SMILES string of the molecule is O=C1CCc2cc(Cl)c(F)cc2C1. The van der Waals surface area contributed by atoms with Crippen LogP contribution in [-0.4, -0.2) is 5.78 Å². The van der Waals surface area contributed by atoms with Crippen molar-refractivity contribution in [3.8, 4) is 0 Å². The van der Waals surface area contributed by atoms with E-state index in [9.17, 15) is 9.18 Å². The zero-order valence-electron chi connectivity index (χ0n) is 6.94. The molecule has 1 aliphatic carbocycles. The van der Waals surface area contributed by atoms with Gasteiger partial charge in [0.1, 0.15) is 11.6 Å². The number of benzene rings is 1. The van der Waals surface area contributed by atoms with Crippen LogP contribution in [0.1, 0.15) is 17.5 Å². The average molecular weight is 199 g/mol. The van der Waals surface area contributed by atoms with Gasteiger partial charge in [0.05, 0.1) is 5.02 Å². The zero-order valence-corrected chi connectivity index (χ0v) is 7.70. The number of ketones is 1. The minimum absolute atomic E-state index is 0.146. The van der Waals surface area contributed by atoms with E-state index in [1.54, 1.807) is 6.07 Å². The molecule has 0 unspecified atom stereocenters. The Morgan fingerprint density at radius 3 is 2.77 bits per heavy atom. The van der Waals surface area contributed by atoms with Crippen LogP contribution >= 0.6 is 11.6 Å². The lowest BCUT2D eigenvalue weighted by atomic mass is 9.91. The molecule has 0 saturated heterocycles. The molecule has 1 aliphatic rings. The molecule has 1 aromatic rings. The molecule has 0 fully saturated rings. The highest BCUT2D eigenvalue weighted by atomic mass is 35.5. The van der Waals surface area contributed by atoms with Gasteiger partial charge in [0.25, 0.3) is 0 Å². The van der Waals surface area contributed by atoms with Crippen LogP contribution in [0.3, 0.4) is 0 Å². The first kappa shape index (κ1) is 8.70. The molecular formula is C10H8ClFO. The van der Waals surface area contributed by atoms with Crippen LogP contribution in [0.25, 0.3) is 0 Å². The lowest BCUT2D eigenvalue weighted by Crippen LogP contribution is -2.13. The van der Waals surface area contributed by atoms with Crippen molar-refractivity contribution in [3.05, 3.63) is 34.1 Å². The molecular weight excluding hydrogens is 191 g/mol. The largest absolute Gasteiger partial charge is 0.299 e. The summed E-state index contributed by atoms with van der Waals surface area (Å²) in [7, 11) is 0. The molecule has 0 radical (unpaired) electrons. The Balaban J connectivity index is 2.49. The van der Waals surface area contributed by atoms with Gasteiger partial charge < -0.3 is 0 Å². The first-order chi connectivity index (χ1) is 6.16. The Kier molecular flexibility index (Phi) is 2.08. The van der Waals surface area contributed by atoms with Gasteiger partial charge in [-0.15, -0.1) is 0 Å². The van der Waals surface area contributed by atoms with Gasteiger partial charge in [-0.2, -0.15) is 0 Å². The number of hydrogen-bond acceptors (Lipinski definition) is 1. The van der Waals surface area contributed by atoms with Crippen molar-refractivity contribution in [2.75, 3.05) is 0 Å². The van der Waals surface area contributed by atoms with E-state index < -0.39 is 5.82 Å². The van der Waals surface area contributed by atoms with Crippen molar-refractivity contribution in [2.45, 2.75) is 19.3 Å². The topological polar surface area (TPSA) is 17.1 Å². The molecule has 0 saturated carbocycles. The smallest absolute Gasteiger partial charge is 0.142 e. The summed E-state index contributed by atoms with van der Waals surface area (Å²) in [5.41, 5.74) is 1.80. The number of fused-ring (bicyclic) bond motifs is 1. The first-order valence-electron chi connectivity index (χ1n) is 4.15. The van der Waals surface area contributed by atoms with Gasteiger partial charge in [-0.05, 0) is 29.7 Å². The van der Waals surface area contributed by atoms with Crippen LogP contribution in [0.5, 0.6) is 0 Å². The minimum atomic E-state index is -0.435. The van der Waals surface area contributed by atoms with Crippen LogP contribution in [0, 0.1) is 5.82 Å². The summed E-state index contributed by atoms with van der Waals surface area (Å²) in [6, 6.07) is 2.99. The van der Waals surface area contributed by atoms with Crippen molar-refractivity contribution in [1.29, 1.82) is 0 Å². The first-order valence-corrected chi connectivity index (χ1v) is 4.53. The molecule has 13 heavy (non-hydrogen) atoms. The molecule has 0 spiro atoms. The number of carbonyl (C=O) groups is 1. The van der Waals surface area contributed by atoms with Crippen molar-refractivity contribution in [2.24, 2.45) is 0 Å². The lowest BCUT2D eigenvalue weighted by Gasteiger charge is -2.14. The zero-order chi connectivity index (χ0) is 9.42. The number of carbonyl (C=O) groups excluding carboxylic acids is 1. The Bertz CT molecular complexity index is 373. The van der Waals surface area contributed by atoms with Crippen molar-refractivity contribution in [3.63, 3.8) is 0 Å². The quantitative estimate of drug-likeness (QED) is 0.626. The minimum Gasteiger partial charge on any atom is -0.299 e. The third kappa shape index (κ3) is 1.59. The van der Waals surface area contributed by atoms with E-state index in [1.165, 1.54) is 6.07 Å². The van der Waals surface area contributed by atoms with E-state index >= 15 is 0 Å². The highest BCUT2D eigenvalue weighted by Crippen LogP contribution is 2.25. The van der Waals surface area contributed by atoms with E-state index in [2.05, 4.69) is 0 Å². The van der Waals surface area contributed by atoms with Gasteiger partial charge in [-0.25, -0.2) is 4.39 Å². The number of halogens is 2. The molecule has 68 valence electrons. The predicted octanol–water partition coefficient (Wildman–Crippen LogP) is 2.54. The van der Waals surface area contributed by atoms with Crippen LogP contribution in [0.4, 0.5) is 4.39 Å². The summed E-state index contributed by atoms with van der Waals surface area (Å²) in [6.07, 6.45) is 1.59. The van der Waals surface area contributed by atoms with Crippen molar-refractivity contribution < 1.29 is 9.18 Å². The summed E-state index contributed by atoms with van der Waals surface area (Å²) < 4.78 is 13.0. The summed E-state index contributed by atoms with van der Waals surface area (Å²) in [6.45, 7) is 0. The Morgan fingerprint density at radius 1 is 1.23 bits per heavy atom. The second-order valence-electron chi connectivity index (χ2n) is 3.25. The Hall–Kier alpha value is -0.890. The van der Waals surface area contributed by atoms with Gasteiger partial charge in [0, 0.05) is 12.8 Å². The van der Waals surface area contributed by atoms with E-state index in [4.69, 9.17) is 11.6 Å². The van der Waals surface area contributed by atoms with E-state index in [0.717, 1.165) is 11.1 Å². The Labute approximate surface area is 80.5 Å². The van der Waals surface area contributed by atoms with Crippen LogP contribution in [0.2, 0.25) is 5.02 Å². The monoisotopic (exact) mass is 198 g/mol. The maximum Gasteiger partial charge on any atom is 0.142 e. The van der Waals surface area contributed by atoms with Gasteiger partial charge >= 0.3 is 0 Å². The number of aryl methyl sites for hydroxylation is 1. The molecule has 3 heteroatoms. The highest BCUT2D eigenvalue weighted by molar-refractivity contribution is 6.30. The third-order valence-corrected chi connectivity index (χ3v) is 2.59. The Morgan fingerprint density at radius 2 is 2.00 bits per heavy atom. The molecule has 1 aromatic carbocycles. The fourth-order valence-electron chi connectivity index (χ4n) is 1.60. The second-order valence-corrected chi connectivity index (χ2v) is 3.66. The molecule has 0 amide bonds. The maximum absolute atomic E-state index is 13.0. The molecule has 0 aliphatic heterocycles. The van der Waals surface area contributed by atoms with Crippen molar-refractivity contribution in [1.82, 2.24) is 0 Å². The fraction of sp³-hybridized carbons (Fsp3) is 0.300. The summed E-state index contributed by atoms with van der Waals surface area (Å²) in [5, 5.41) is 0.146. The molecule has 2 rings (SSSR count). The highest BCUT2D eigenvalue weighted by Gasteiger charge is 2.17. The number of rotatable bonds is 0. The summed E-state index contributed by atoms with van der Waals surface area (Å²) >= 11 is 5.62. The fourth-order valence-corrected chi connectivity index (χ4v) is 1.79. The number of hydrogen-bond donors (Lipinski definition) is 0. The van der Waals surface area contributed by atoms with Crippen LogP contribution < -0.4 is 0 Å². The lowest BCUT2D eigenvalue weighted by molar-refractivity contribution is -0.118. The van der Waals surface area contributed by atoms with Gasteiger partial charge in [0.15, 0.2) is 0 Å². The normalized spacial score (nSPS) is 15.7. The maximum atomic E-state index is 13.0. The van der Waals surface area contributed by atoms with E-state index in [-0.39, 0.29) is 10.8 Å². The molecule has 0 N–H and O–H groups in total. The van der Waals surface area contributed by atoms with E-state index in [0.29, 0.717) is 19.3 Å². The molecule has 1 nitrogen and oxygen atoms in total. The standard InChI is InChI=1S/C10H8ClFO/c11-9-4-6-1-2-8(13)3-7(6)5-10(9)12/h4-5H,1-3H2. The summed E-state index contributed by atoms with van der Waals surface area (Å²) in [5.74, 6) is -0.260. The number of Topliss-reactive ketones (excluding diaryl/α,β-unsaturated/α-hetero) is 1. The molecule has 0 atom stereocenters. The summed E-state index contributed by atoms with van der Waals surface area (Å²) in [4.78, 5) is 11.1. The molecule has 0 aromatic heterocycles. The van der Waals surface area contributed by atoms with Crippen molar-refractivity contribution >= 4 is 17.4 Å². The van der Waals surface area contributed by atoms with E-state index in [1.807, 2.05) is 0 Å². The average Bonchev–Trinajstić information content (AvgIpc) is 2.08. The second kappa shape index (κ2) is 3.11.